The van der Waals surface area contributed by atoms with E-state index in [9.17, 15) is 0 Å². The normalized spacial score (nSPS) is 10.5. The second-order valence-corrected chi connectivity index (χ2v) is 4.35. The minimum absolute atomic E-state index is 0.636. The molecule has 0 radical (unpaired) electrons. The van der Waals surface area contributed by atoms with E-state index >= 15 is 0 Å². The summed E-state index contributed by atoms with van der Waals surface area (Å²) in [4.78, 5) is 8.80. The molecule has 19 heavy (non-hydrogen) atoms. The van der Waals surface area contributed by atoms with Crippen molar-refractivity contribution < 1.29 is 4.74 Å². The second kappa shape index (κ2) is 6.29. The number of nitrogens with one attached hydrogen (secondary N) is 1. The van der Waals surface area contributed by atoms with Crippen LogP contribution in [0, 0.1) is 6.92 Å². The molecule has 2 aromatic heterocycles. The fraction of sp³-hybridized carbons (Fsp3) is 0.333. The predicted octanol–water partition coefficient (Wildman–Crippen LogP) is 2.86. The van der Waals surface area contributed by atoms with Gasteiger partial charge in [-0.05, 0) is 38.6 Å². The summed E-state index contributed by atoms with van der Waals surface area (Å²) >= 11 is 0. The molecular formula is C15H19N3O. The molecule has 0 atom stereocenters. The number of hydrogen-bond acceptors (Lipinski definition) is 4. The molecule has 0 saturated heterocycles. The number of rotatable bonds is 5. The standard InChI is InChI=1S/C15H19N3O/c1-4-13-14(8-7-11(2)18-13)19-15-12(10-16-3)6-5-9-17-15/h5-9,16H,4,10H2,1-3H3. The van der Waals surface area contributed by atoms with Gasteiger partial charge in [0.2, 0.25) is 5.88 Å². The number of aromatic nitrogens is 2. The van der Waals surface area contributed by atoms with Crippen LogP contribution in [0.25, 0.3) is 0 Å². The van der Waals surface area contributed by atoms with Gasteiger partial charge in [-0.25, -0.2) is 4.98 Å². The van der Waals surface area contributed by atoms with E-state index in [1.54, 1.807) is 6.20 Å². The van der Waals surface area contributed by atoms with Gasteiger partial charge in [-0.3, -0.25) is 4.98 Å². The Morgan fingerprint density at radius 1 is 1.26 bits per heavy atom. The Hall–Kier alpha value is -1.94. The monoisotopic (exact) mass is 257 g/mol. The van der Waals surface area contributed by atoms with E-state index in [1.807, 2.05) is 38.2 Å². The Kier molecular flexibility index (Phi) is 4.47. The molecular weight excluding hydrogens is 238 g/mol. The van der Waals surface area contributed by atoms with Gasteiger partial charge in [0, 0.05) is 24.0 Å². The van der Waals surface area contributed by atoms with Crippen LogP contribution in [0.2, 0.25) is 0 Å². The maximum Gasteiger partial charge on any atom is 0.223 e. The van der Waals surface area contributed by atoms with Crippen molar-refractivity contribution in [2.45, 2.75) is 26.8 Å². The second-order valence-electron chi connectivity index (χ2n) is 4.35. The summed E-state index contributed by atoms with van der Waals surface area (Å²) in [7, 11) is 1.90. The molecule has 2 aromatic rings. The van der Waals surface area contributed by atoms with Crippen LogP contribution in [0.1, 0.15) is 23.9 Å². The highest BCUT2D eigenvalue weighted by atomic mass is 16.5. The van der Waals surface area contributed by atoms with E-state index in [0.717, 1.165) is 35.7 Å². The number of aryl methyl sites for hydroxylation is 2. The van der Waals surface area contributed by atoms with Crippen molar-refractivity contribution in [3.63, 3.8) is 0 Å². The molecule has 0 spiro atoms. The van der Waals surface area contributed by atoms with Crippen LogP contribution in [0.3, 0.4) is 0 Å². The fourth-order valence-electron chi connectivity index (χ4n) is 1.89. The molecule has 0 amide bonds. The number of nitrogens with zero attached hydrogens (tertiary/aromatic N) is 2. The molecule has 0 saturated carbocycles. The van der Waals surface area contributed by atoms with Gasteiger partial charge < -0.3 is 10.1 Å². The van der Waals surface area contributed by atoms with Gasteiger partial charge in [-0.15, -0.1) is 0 Å². The minimum Gasteiger partial charge on any atom is -0.437 e. The third kappa shape index (κ3) is 3.29. The first kappa shape index (κ1) is 13.5. The zero-order valence-corrected chi connectivity index (χ0v) is 11.6. The molecule has 0 bridgehead atoms. The van der Waals surface area contributed by atoms with Gasteiger partial charge in [0.1, 0.15) is 0 Å². The molecule has 4 nitrogen and oxygen atoms in total. The molecule has 2 rings (SSSR count). The lowest BCUT2D eigenvalue weighted by Gasteiger charge is -2.12. The number of hydrogen-bond donors (Lipinski definition) is 1. The summed E-state index contributed by atoms with van der Waals surface area (Å²) in [6, 6.07) is 7.83. The third-order valence-corrected chi connectivity index (χ3v) is 2.83. The van der Waals surface area contributed by atoms with Crippen LogP contribution in [-0.2, 0) is 13.0 Å². The first-order chi connectivity index (χ1) is 9.24. The summed E-state index contributed by atoms with van der Waals surface area (Å²) in [5.41, 5.74) is 2.99. The van der Waals surface area contributed by atoms with E-state index in [-0.39, 0.29) is 0 Å². The zero-order chi connectivity index (χ0) is 13.7. The summed E-state index contributed by atoms with van der Waals surface area (Å²) in [6.45, 7) is 4.78. The van der Waals surface area contributed by atoms with E-state index in [2.05, 4.69) is 22.2 Å². The van der Waals surface area contributed by atoms with Crippen molar-refractivity contribution in [3.8, 4) is 11.6 Å². The van der Waals surface area contributed by atoms with E-state index in [4.69, 9.17) is 4.74 Å². The predicted molar refractivity (Wildman–Crippen MR) is 75.4 cm³/mol. The average molecular weight is 257 g/mol. The molecule has 0 aliphatic carbocycles. The lowest BCUT2D eigenvalue weighted by molar-refractivity contribution is 0.446. The highest BCUT2D eigenvalue weighted by molar-refractivity contribution is 5.35. The van der Waals surface area contributed by atoms with Gasteiger partial charge in [-0.2, -0.15) is 0 Å². The Morgan fingerprint density at radius 2 is 2.11 bits per heavy atom. The molecule has 0 unspecified atom stereocenters. The number of ether oxygens (including phenoxy) is 1. The minimum atomic E-state index is 0.636. The first-order valence-electron chi connectivity index (χ1n) is 6.47. The van der Waals surface area contributed by atoms with Gasteiger partial charge in [0.05, 0.1) is 5.69 Å². The summed E-state index contributed by atoms with van der Waals surface area (Å²) in [5, 5.41) is 3.11. The maximum absolute atomic E-state index is 5.93. The van der Waals surface area contributed by atoms with Crippen LogP contribution in [0.15, 0.2) is 30.5 Å². The Morgan fingerprint density at radius 3 is 2.84 bits per heavy atom. The van der Waals surface area contributed by atoms with Crippen molar-refractivity contribution in [2.75, 3.05) is 7.05 Å². The number of pyridine rings is 2. The fourth-order valence-corrected chi connectivity index (χ4v) is 1.89. The first-order valence-corrected chi connectivity index (χ1v) is 6.47. The topological polar surface area (TPSA) is 47.0 Å². The van der Waals surface area contributed by atoms with Crippen molar-refractivity contribution in [3.05, 3.63) is 47.4 Å². The molecule has 0 aliphatic heterocycles. The molecule has 0 fully saturated rings. The van der Waals surface area contributed by atoms with Crippen LogP contribution >= 0.6 is 0 Å². The summed E-state index contributed by atoms with van der Waals surface area (Å²) in [6.07, 6.45) is 2.58. The largest absolute Gasteiger partial charge is 0.437 e. The van der Waals surface area contributed by atoms with Crippen LogP contribution in [0.4, 0.5) is 0 Å². The quantitative estimate of drug-likeness (QED) is 0.894. The summed E-state index contributed by atoms with van der Waals surface area (Å²) in [5.74, 6) is 1.42. The lowest BCUT2D eigenvalue weighted by atomic mass is 10.2. The van der Waals surface area contributed by atoms with E-state index in [1.165, 1.54) is 0 Å². The van der Waals surface area contributed by atoms with E-state index in [0.29, 0.717) is 5.88 Å². The molecule has 1 N–H and O–H groups in total. The SMILES string of the molecule is CCc1nc(C)ccc1Oc1ncccc1CNC. The van der Waals surface area contributed by atoms with Gasteiger partial charge >= 0.3 is 0 Å². The maximum atomic E-state index is 5.93. The van der Waals surface area contributed by atoms with Crippen molar-refractivity contribution >= 4 is 0 Å². The lowest BCUT2D eigenvalue weighted by Crippen LogP contribution is -2.07. The Balaban J connectivity index is 2.30. The Bertz CT molecular complexity index is 555. The summed E-state index contributed by atoms with van der Waals surface area (Å²) < 4.78 is 5.93. The zero-order valence-electron chi connectivity index (χ0n) is 11.6. The van der Waals surface area contributed by atoms with Crippen LogP contribution in [0.5, 0.6) is 11.6 Å². The van der Waals surface area contributed by atoms with Crippen LogP contribution in [-0.4, -0.2) is 17.0 Å². The van der Waals surface area contributed by atoms with Crippen molar-refractivity contribution in [1.29, 1.82) is 0 Å². The van der Waals surface area contributed by atoms with Gasteiger partial charge in [0.25, 0.3) is 0 Å². The molecule has 0 aliphatic rings. The highest BCUT2D eigenvalue weighted by Gasteiger charge is 2.09. The highest BCUT2D eigenvalue weighted by Crippen LogP contribution is 2.25. The Labute approximate surface area is 113 Å². The average Bonchev–Trinajstić information content (AvgIpc) is 2.43. The van der Waals surface area contributed by atoms with Gasteiger partial charge in [0.15, 0.2) is 5.75 Å². The van der Waals surface area contributed by atoms with Gasteiger partial charge in [-0.1, -0.05) is 13.0 Å². The van der Waals surface area contributed by atoms with E-state index < -0.39 is 0 Å². The smallest absolute Gasteiger partial charge is 0.223 e. The third-order valence-electron chi connectivity index (χ3n) is 2.83. The van der Waals surface area contributed by atoms with Crippen molar-refractivity contribution in [2.24, 2.45) is 0 Å². The molecule has 4 heteroatoms. The molecule has 100 valence electrons. The molecule has 0 aromatic carbocycles. The van der Waals surface area contributed by atoms with Crippen molar-refractivity contribution in [1.82, 2.24) is 15.3 Å². The van der Waals surface area contributed by atoms with Crippen LogP contribution < -0.4 is 10.1 Å². The molecule has 2 heterocycles.